The first kappa shape index (κ1) is 7.07. The van der Waals surface area contributed by atoms with Crippen LogP contribution in [0.25, 0.3) is 0 Å². The van der Waals surface area contributed by atoms with Crippen LogP contribution in [0.3, 0.4) is 0 Å². The van der Waals surface area contributed by atoms with Crippen molar-refractivity contribution in [2.45, 2.75) is 38.6 Å². The number of hydrogen-bond acceptors (Lipinski definition) is 1. The maximum atomic E-state index is 3.33. The predicted molar refractivity (Wildman–Crippen MR) is 40.5 cm³/mol. The summed E-state index contributed by atoms with van der Waals surface area (Å²) in [5.74, 6) is 0.955. The first-order valence-corrected chi connectivity index (χ1v) is 4.00. The maximum Gasteiger partial charge on any atom is 0.00666 e. The second kappa shape index (κ2) is 3.21. The summed E-state index contributed by atoms with van der Waals surface area (Å²) in [5.41, 5.74) is 0. The van der Waals surface area contributed by atoms with Gasteiger partial charge in [0.25, 0.3) is 0 Å². The van der Waals surface area contributed by atoms with E-state index in [2.05, 4.69) is 19.3 Å². The molecule has 1 nitrogen and oxygen atoms in total. The van der Waals surface area contributed by atoms with Gasteiger partial charge in [0, 0.05) is 6.04 Å². The van der Waals surface area contributed by atoms with Crippen molar-refractivity contribution in [1.29, 1.82) is 0 Å². The lowest BCUT2D eigenvalue weighted by Crippen LogP contribution is -2.30. The Morgan fingerprint density at radius 3 is 2.56 bits per heavy atom. The highest BCUT2D eigenvalue weighted by molar-refractivity contribution is 4.73. The summed E-state index contributed by atoms with van der Waals surface area (Å²) >= 11 is 0. The zero-order chi connectivity index (χ0) is 6.69. The fraction of sp³-hybridized carbons (Fsp3) is 1.00. The van der Waals surface area contributed by atoms with Gasteiger partial charge in [0.2, 0.25) is 0 Å². The van der Waals surface area contributed by atoms with Crippen LogP contribution in [0.15, 0.2) is 0 Å². The van der Waals surface area contributed by atoms with Gasteiger partial charge in [-0.15, -0.1) is 0 Å². The molecule has 0 saturated heterocycles. The lowest BCUT2D eigenvalue weighted by atomic mass is 9.87. The molecule has 0 aromatic carbocycles. The van der Waals surface area contributed by atoms with E-state index >= 15 is 0 Å². The molecule has 1 aliphatic rings. The van der Waals surface area contributed by atoms with Gasteiger partial charge in [0.1, 0.15) is 0 Å². The van der Waals surface area contributed by atoms with Gasteiger partial charge in [-0.2, -0.15) is 0 Å². The van der Waals surface area contributed by atoms with E-state index in [1.807, 2.05) is 0 Å². The van der Waals surface area contributed by atoms with Crippen molar-refractivity contribution in [3.8, 4) is 0 Å². The van der Waals surface area contributed by atoms with E-state index in [0.717, 1.165) is 12.0 Å². The monoisotopic (exact) mass is 127 g/mol. The molecule has 0 aromatic rings. The molecule has 54 valence electrons. The normalized spacial score (nSPS) is 36.7. The van der Waals surface area contributed by atoms with Gasteiger partial charge in [-0.3, -0.25) is 0 Å². The molecule has 0 spiro atoms. The third kappa shape index (κ3) is 1.98. The molecule has 0 unspecified atom stereocenters. The summed E-state index contributed by atoms with van der Waals surface area (Å²) in [6.45, 7) is 2.35. The number of rotatable bonds is 1. The maximum absolute atomic E-state index is 3.33. The SMILES string of the molecule is CN[C@H]1CCC[C@@H](C)C1. The fourth-order valence-electron chi connectivity index (χ4n) is 1.70. The van der Waals surface area contributed by atoms with Crippen LogP contribution in [0.1, 0.15) is 32.6 Å². The van der Waals surface area contributed by atoms with Gasteiger partial charge in [-0.05, 0) is 25.8 Å². The Bertz CT molecular complexity index is 80.6. The first-order valence-electron chi connectivity index (χ1n) is 4.00. The summed E-state index contributed by atoms with van der Waals surface area (Å²) in [6.07, 6.45) is 5.64. The first-order chi connectivity index (χ1) is 4.33. The molecule has 1 fully saturated rings. The topological polar surface area (TPSA) is 12.0 Å². The Morgan fingerprint density at radius 1 is 1.33 bits per heavy atom. The van der Waals surface area contributed by atoms with E-state index in [9.17, 15) is 0 Å². The largest absolute Gasteiger partial charge is 0.317 e. The van der Waals surface area contributed by atoms with E-state index in [-0.39, 0.29) is 0 Å². The van der Waals surface area contributed by atoms with Crippen LogP contribution >= 0.6 is 0 Å². The fourth-order valence-corrected chi connectivity index (χ4v) is 1.70. The highest BCUT2D eigenvalue weighted by Gasteiger charge is 2.16. The van der Waals surface area contributed by atoms with Crippen LogP contribution in [-0.4, -0.2) is 13.1 Å². The molecule has 1 N–H and O–H groups in total. The molecule has 0 radical (unpaired) electrons. The number of hydrogen-bond donors (Lipinski definition) is 1. The third-order valence-electron chi connectivity index (χ3n) is 2.34. The van der Waals surface area contributed by atoms with E-state index < -0.39 is 0 Å². The Kier molecular flexibility index (Phi) is 2.52. The minimum Gasteiger partial charge on any atom is -0.317 e. The molecule has 1 heteroatoms. The van der Waals surface area contributed by atoms with Gasteiger partial charge in [0.15, 0.2) is 0 Å². The van der Waals surface area contributed by atoms with Gasteiger partial charge < -0.3 is 5.32 Å². The molecule has 1 rings (SSSR count). The molecule has 2 atom stereocenters. The molecule has 0 heterocycles. The lowest BCUT2D eigenvalue weighted by molar-refractivity contribution is 0.314. The summed E-state index contributed by atoms with van der Waals surface area (Å²) in [5, 5.41) is 3.33. The zero-order valence-corrected chi connectivity index (χ0v) is 6.48. The van der Waals surface area contributed by atoms with Crippen LogP contribution in [0.5, 0.6) is 0 Å². The molecular weight excluding hydrogens is 110 g/mol. The highest BCUT2D eigenvalue weighted by Crippen LogP contribution is 2.22. The minimum atomic E-state index is 0.814. The Labute approximate surface area is 57.8 Å². The molecular formula is C8H17N. The second-order valence-electron chi connectivity index (χ2n) is 3.26. The molecule has 0 amide bonds. The van der Waals surface area contributed by atoms with E-state index in [1.165, 1.54) is 25.7 Å². The molecule has 0 aliphatic heterocycles. The van der Waals surface area contributed by atoms with E-state index in [1.54, 1.807) is 0 Å². The van der Waals surface area contributed by atoms with Crippen molar-refractivity contribution in [3.63, 3.8) is 0 Å². The molecule has 1 aliphatic carbocycles. The van der Waals surface area contributed by atoms with Crippen molar-refractivity contribution < 1.29 is 0 Å². The van der Waals surface area contributed by atoms with Crippen LogP contribution in [0, 0.1) is 5.92 Å². The molecule has 0 aromatic heterocycles. The van der Waals surface area contributed by atoms with Gasteiger partial charge >= 0.3 is 0 Å². The summed E-state index contributed by atoms with van der Waals surface area (Å²) in [6, 6.07) is 0.814. The average molecular weight is 127 g/mol. The quantitative estimate of drug-likeness (QED) is 0.566. The summed E-state index contributed by atoms with van der Waals surface area (Å²) in [7, 11) is 2.07. The predicted octanol–water partition coefficient (Wildman–Crippen LogP) is 1.78. The van der Waals surface area contributed by atoms with Crippen molar-refractivity contribution in [1.82, 2.24) is 5.32 Å². The Hall–Kier alpha value is -0.0400. The van der Waals surface area contributed by atoms with E-state index in [4.69, 9.17) is 0 Å². The third-order valence-corrected chi connectivity index (χ3v) is 2.34. The molecule has 9 heavy (non-hydrogen) atoms. The van der Waals surface area contributed by atoms with Gasteiger partial charge in [-0.25, -0.2) is 0 Å². The van der Waals surface area contributed by atoms with Gasteiger partial charge in [0.05, 0.1) is 0 Å². The van der Waals surface area contributed by atoms with Crippen molar-refractivity contribution >= 4 is 0 Å². The van der Waals surface area contributed by atoms with Crippen LogP contribution in [0.2, 0.25) is 0 Å². The van der Waals surface area contributed by atoms with Crippen LogP contribution < -0.4 is 5.32 Å². The Balaban J connectivity index is 2.23. The van der Waals surface area contributed by atoms with Crippen molar-refractivity contribution in [2.75, 3.05) is 7.05 Å². The minimum absolute atomic E-state index is 0.814. The number of nitrogens with one attached hydrogen (secondary N) is 1. The summed E-state index contributed by atoms with van der Waals surface area (Å²) in [4.78, 5) is 0. The standard InChI is InChI=1S/C8H17N/c1-7-4-3-5-8(6-7)9-2/h7-9H,3-6H2,1-2H3/t7-,8+/m1/s1. The second-order valence-corrected chi connectivity index (χ2v) is 3.26. The molecule has 0 bridgehead atoms. The van der Waals surface area contributed by atoms with E-state index in [0.29, 0.717) is 0 Å². The smallest absolute Gasteiger partial charge is 0.00666 e. The van der Waals surface area contributed by atoms with Crippen molar-refractivity contribution in [3.05, 3.63) is 0 Å². The average Bonchev–Trinajstić information content (AvgIpc) is 1.88. The highest BCUT2D eigenvalue weighted by atomic mass is 14.9. The van der Waals surface area contributed by atoms with Crippen LogP contribution in [-0.2, 0) is 0 Å². The molecule has 1 saturated carbocycles. The zero-order valence-electron chi connectivity index (χ0n) is 6.48. The van der Waals surface area contributed by atoms with Crippen LogP contribution in [0.4, 0.5) is 0 Å². The summed E-state index contributed by atoms with van der Waals surface area (Å²) < 4.78 is 0. The lowest BCUT2D eigenvalue weighted by Gasteiger charge is -2.25. The van der Waals surface area contributed by atoms with Gasteiger partial charge in [-0.1, -0.05) is 19.8 Å². The van der Waals surface area contributed by atoms with Crippen molar-refractivity contribution in [2.24, 2.45) is 5.92 Å². The Morgan fingerprint density at radius 2 is 2.11 bits per heavy atom.